The molecule has 1 fully saturated rings. The quantitative estimate of drug-likeness (QED) is 0.888. The van der Waals surface area contributed by atoms with Crippen LogP contribution in [-0.2, 0) is 9.53 Å². The fourth-order valence-electron chi connectivity index (χ4n) is 2.98. The predicted molar refractivity (Wildman–Crippen MR) is 89.9 cm³/mol. The summed E-state index contributed by atoms with van der Waals surface area (Å²) in [5.74, 6) is -1.96. The van der Waals surface area contributed by atoms with Gasteiger partial charge in [0.1, 0.15) is 5.82 Å². The van der Waals surface area contributed by atoms with E-state index in [2.05, 4.69) is 0 Å². The highest BCUT2D eigenvalue weighted by atomic mass is 19.1. The Kier molecular flexibility index (Phi) is 4.60. The van der Waals surface area contributed by atoms with Gasteiger partial charge in [0.05, 0.1) is 12.1 Å². The summed E-state index contributed by atoms with van der Waals surface area (Å²) < 4.78 is 19.4. The van der Waals surface area contributed by atoms with E-state index in [0.717, 1.165) is 0 Å². The number of carbonyl (C=O) groups is 2. The smallest absolute Gasteiger partial charge is 0.337 e. The maximum atomic E-state index is 13.1. The minimum absolute atomic E-state index is 0.0761. The first-order valence-electron chi connectivity index (χ1n) is 7.93. The van der Waals surface area contributed by atoms with Crippen molar-refractivity contribution < 1.29 is 23.8 Å². The van der Waals surface area contributed by atoms with E-state index in [1.807, 2.05) is 0 Å². The number of carboxylic acid groups (broad SMARTS) is 1. The molecule has 26 heavy (non-hydrogen) atoms. The first-order chi connectivity index (χ1) is 12.4. The van der Waals surface area contributed by atoms with E-state index in [0.29, 0.717) is 5.69 Å². The van der Waals surface area contributed by atoms with Crippen LogP contribution in [0.2, 0.25) is 0 Å². The third-order valence-electron chi connectivity index (χ3n) is 4.56. The molecule has 0 saturated carbocycles. The third-order valence-corrected chi connectivity index (χ3v) is 4.56. The summed E-state index contributed by atoms with van der Waals surface area (Å²) in [6.07, 6.45) is 1.55. The molecule has 1 aliphatic rings. The third kappa shape index (κ3) is 3.11. The molecule has 1 N–H and O–H groups in total. The number of methoxy groups -OCH3 is 1. The first-order valence-corrected chi connectivity index (χ1v) is 7.93. The molecule has 0 aliphatic carbocycles. The molecule has 1 saturated heterocycles. The number of rotatable bonds is 4. The van der Waals surface area contributed by atoms with Gasteiger partial charge in [-0.05, 0) is 30.3 Å². The molecular weight excluding hydrogens is 343 g/mol. The van der Waals surface area contributed by atoms with Gasteiger partial charge in [-0.2, -0.15) is 0 Å². The second-order valence-electron chi connectivity index (χ2n) is 6.08. The van der Waals surface area contributed by atoms with Crippen molar-refractivity contribution in [3.8, 4) is 5.69 Å². The van der Waals surface area contributed by atoms with E-state index < -0.39 is 23.3 Å². The van der Waals surface area contributed by atoms with Crippen LogP contribution in [0.5, 0.6) is 0 Å². The van der Waals surface area contributed by atoms with Crippen LogP contribution < -0.4 is 5.56 Å². The molecule has 8 heteroatoms. The predicted octanol–water partition coefficient (Wildman–Crippen LogP) is 1.29. The molecule has 0 radical (unpaired) electrons. The van der Waals surface area contributed by atoms with Crippen LogP contribution >= 0.6 is 0 Å². The molecule has 1 atom stereocenters. The molecule has 1 aliphatic heterocycles. The number of carboxylic acids is 1. The Morgan fingerprint density at radius 1 is 1.19 bits per heavy atom. The topological polar surface area (TPSA) is 88.8 Å². The van der Waals surface area contributed by atoms with Gasteiger partial charge in [-0.15, -0.1) is 0 Å². The van der Waals surface area contributed by atoms with Crippen molar-refractivity contribution in [3.63, 3.8) is 0 Å². The summed E-state index contributed by atoms with van der Waals surface area (Å²) >= 11 is 0. The number of amides is 1. The summed E-state index contributed by atoms with van der Waals surface area (Å²) in [4.78, 5) is 37.6. The van der Waals surface area contributed by atoms with E-state index in [-0.39, 0.29) is 30.6 Å². The van der Waals surface area contributed by atoms with Crippen molar-refractivity contribution >= 4 is 11.9 Å². The molecule has 2 heterocycles. The van der Waals surface area contributed by atoms with E-state index in [9.17, 15) is 23.9 Å². The van der Waals surface area contributed by atoms with E-state index in [4.69, 9.17) is 4.74 Å². The van der Waals surface area contributed by atoms with E-state index in [1.165, 1.54) is 59.2 Å². The summed E-state index contributed by atoms with van der Waals surface area (Å²) in [7, 11) is 1.30. The molecule has 1 amide bonds. The number of ether oxygens (including phenoxy) is 1. The van der Waals surface area contributed by atoms with Crippen LogP contribution in [0.1, 0.15) is 16.8 Å². The van der Waals surface area contributed by atoms with Crippen LogP contribution in [0.15, 0.2) is 47.4 Å². The molecule has 136 valence electrons. The zero-order valence-corrected chi connectivity index (χ0v) is 14.0. The summed E-state index contributed by atoms with van der Waals surface area (Å²) in [6.45, 7) is 0.155. The lowest BCUT2D eigenvalue weighted by atomic mass is 10.0. The van der Waals surface area contributed by atoms with E-state index in [1.54, 1.807) is 0 Å². The molecule has 0 spiro atoms. The van der Waals surface area contributed by atoms with Crippen LogP contribution in [0.25, 0.3) is 5.69 Å². The molecular formula is C18H17FN2O5. The number of carbonyl (C=O) groups excluding carboxylic acids is 1. The molecule has 1 unspecified atom stereocenters. The summed E-state index contributed by atoms with van der Waals surface area (Å²) in [5.41, 5.74) is -1.14. The van der Waals surface area contributed by atoms with Crippen molar-refractivity contribution in [2.45, 2.75) is 12.0 Å². The van der Waals surface area contributed by atoms with Gasteiger partial charge < -0.3 is 14.7 Å². The lowest BCUT2D eigenvalue weighted by Gasteiger charge is -2.23. The lowest BCUT2D eigenvalue weighted by Crippen LogP contribution is -2.44. The van der Waals surface area contributed by atoms with Gasteiger partial charge in [0.2, 0.25) is 0 Å². The highest BCUT2D eigenvalue weighted by Gasteiger charge is 2.46. The molecule has 0 bridgehead atoms. The standard InChI is InChI=1S/C18H17FN2O5/c1-26-18(17(24)25)8-9-20(11-18)16(23)12-2-7-15(22)21(10-12)14-5-3-13(19)4-6-14/h2-7,10H,8-9,11H2,1H3,(H,24,25). The number of nitrogens with zero attached hydrogens (tertiary/aromatic N) is 2. The fourth-order valence-corrected chi connectivity index (χ4v) is 2.98. The van der Waals surface area contributed by atoms with Gasteiger partial charge in [-0.1, -0.05) is 0 Å². The number of hydrogen-bond acceptors (Lipinski definition) is 4. The molecule has 3 rings (SSSR count). The number of aliphatic carboxylic acids is 1. The van der Waals surface area contributed by atoms with Crippen LogP contribution in [0.3, 0.4) is 0 Å². The number of halogens is 1. The second-order valence-corrected chi connectivity index (χ2v) is 6.08. The summed E-state index contributed by atoms with van der Waals surface area (Å²) in [5, 5.41) is 9.35. The average Bonchev–Trinajstić information content (AvgIpc) is 3.08. The largest absolute Gasteiger partial charge is 0.479 e. The molecule has 2 aromatic rings. The Bertz CT molecular complexity index is 909. The molecule has 7 nitrogen and oxygen atoms in total. The maximum absolute atomic E-state index is 13.1. The zero-order chi connectivity index (χ0) is 18.9. The monoisotopic (exact) mass is 360 g/mol. The van der Waals surface area contributed by atoms with Crippen LogP contribution in [0, 0.1) is 5.82 Å². The Balaban J connectivity index is 1.90. The van der Waals surface area contributed by atoms with Gasteiger partial charge in [-0.25, -0.2) is 9.18 Å². The SMILES string of the molecule is COC1(C(=O)O)CCN(C(=O)c2ccc(=O)n(-c3ccc(F)cc3)c2)C1. The molecule has 1 aromatic heterocycles. The first kappa shape index (κ1) is 17.8. The number of benzene rings is 1. The van der Waals surface area contributed by atoms with Gasteiger partial charge >= 0.3 is 5.97 Å². The Labute approximate surface area is 148 Å². The van der Waals surface area contributed by atoms with Crippen molar-refractivity contribution in [1.29, 1.82) is 0 Å². The number of hydrogen-bond donors (Lipinski definition) is 1. The van der Waals surface area contributed by atoms with Crippen molar-refractivity contribution in [3.05, 3.63) is 64.3 Å². The Morgan fingerprint density at radius 3 is 2.46 bits per heavy atom. The molecule has 1 aromatic carbocycles. The van der Waals surface area contributed by atoms with Gasteiger partial charge in [-0.3, -0.25) is 14.2 Å². The van der Waals surface area contributed by atoms with Gasteiger partial charge in [0.25, 0.3) is 11.5 Å². The van der Waals surface area contributed by atoms with Crippen molar-refractivity contribution in [2.24, 2.45) is 0 Å². The fraction of sp³-hybridized carbons (Fsp3) is 0.278. The highest BCUT2D eigenvalue weighted by molar-refractivity contribution is 5.95. The normalized spacial score (nSPS) is 19.5. The van der Waals surface area contributed by atoms with Crippen LogP contribution in [0.4, 0.5) is 4.39 Å². The van der Waals surface area contributed by atoms with Gasteiger partial charge in [0.15, 0.2) is 5.60 Å². The van der Waals surface area contributed by atoms with Crippen molar-refractivity contribution in [1.82, 2.24) is 9.47 Å². The lowest BCUT2D eigenvalue weighted by molar-refractivity contribution is -0.160. The number of pyridine rings is 1. The average molecular weight is 360 g/mol. The zero-order valence-electron chi connectivity index (χ0n) is 14.0. The minimum atomic E-state index is -1.42. The van der Waals surface area contributed by atoms with E-state index >= 15 is 0 Å². The minimum Gasteiger partial charge on any atom is -0.479 e. The maximum Gasteiger partial charge on any atom is 0.337 e. The Hall–Kier alpha value is -3.00. The number of aromatic nitrogens is 1. The summed E-state index contributed by atoms with van der Waals surface area (Å²) in [6, 6.07) is 7.93. The highest BCUT2D eigenvalue weighted by Crippen LogP contribution is 2.26. The van der Waals surface area contributed by atoms with Gasteiger partial charge in [0, 0.05) is 38.0 Å². The van der Waals surface area contributed by atoms with Crippen LogP contribution in [-0.4, -0.2) is 52.3 Å². The van der Waals surface area contributed by atoms with Crippen molar-refractivity contribution in [2.75, 3.05) is 20.2 Å². The Morgan fingerprint density at radius 2 is 1.88 bits per heavy atom. The number of likely N-dealkylation sites (tertiary alicyclic amines) is 1. The second kappa shape index (κ2) is 6.72.